The van der Waals surface area contributed by atoms with Crippen molar-refractivity contribution in [1.29, 1.82) is 0 Å². The van der Waals surface area contributed by atoms with Gasteiger partial charge in [-0.15, -0.1) is 23.5 Å². The summed E-state index contributed by atoms with van der Waals surface area (Å²) in [6, 6.07) is 7.71. The molecule has 1 aromatic rings. The molecule has 0 aromatic heterocycles. The van der Waals surface area contributed by atoms with Gasteiger partial charge in [0, 0.05) is 29.7 Å². The van der Waals surface area contributed by atoms with Crippen LogP contribution in [0.25, 0.3) is 0 Å². The number of aliphatic carboxylic acids is 1. The molecule has 1 aromatic carbocycles. The van der Waals surface area contributed by atoms with Crippen LogP contribution < -0.4 is 0 Å². The smallest absolute Gasteiger partial charge is 0.305 e. The second-order valence-electron chi connectivity index (χ2n) is 5.43. The van der Waals surface area contributed by atoms with Crippen LogP contribution in [0.4, 0.5) is 0 Å². The molecule has 0 aliphatic carbocycles. The maximum atomic E-state index is 12.6. The van der Waals surface area contributed by atoms with Crippen molar-refractivity contribution in [2.45, 2.75) is 30.9 Å². The number of nitrogens with zero attached hydrogens (tertiary/aromatic N) is 1. The molecular formula is C16H21NO3S2. The lowest BCUT2D eigenvalue weighted by molar-refractivity contribution is -0.137. The summed E-state index contributed by atoms with van der Waals surface area (Å²) < 4.78 is 0.470. The Morgan fingerprint density at radius 2 is 1.82 bits per heavy atom. The van der Waals surface area contributed by atoms with Crippen molar-refractivity contribution in [3.63, 3.8) is 0 Å². The van der Waals surface area contributed by atoms with Crippen molar-refractivity contribution in [3.05, 3.63) is 35.4 Å². The lowest BCUT2D eigenvalue weighted by Gasteiger charge is -2.26. The van der Waals surface area contributed by atoms with E-state index in [0.717, 1.165) is 0 Å². The third-order valence-electron chi connectivity index (χ3n) is 3.50. The zero-order valence-corrected chi connectivity index (χ0v) is 14.5. The predicted octanol–water partition coefficient (Wildman–Crippen LogP) is 3.49. The first-order chi connectivity index (χ1) is 10.5. The monoisotopic (exact) mass is 339 g/mol. The first-order valence-corrected chi connectivity index (χ1v) is 9.44. The zero-order chi connectivity index (χ0) is 16.1. The van der Waals surface area contributed by atoms with Crippen LogP contribution in [0.1, 0.15) is 40.8 Å². The van der Waals surface area contributed by atoms with Crippen LogP contribution in [-0.4, -0.2) is 46.0 Å². The van der Waals surface area contributed by atoms with Crippen LogP contribution in [0.5, 0.6) is 0 Å². The molecule has 0 spiro atoms. The van der Waals surface area contributed by atoms with E-state index in [-0.39, 0.29) is 24.9 Å². The number of hydrogen-bond acceptors (Lipinski definition) is 4. The highest BCUT2D eigenvalue weighted by molar-refractivity contribution is 8.19. The minimum Gasteiger partial charge on any atom is -0.481 e. The molecular weight excluding hydrogens is 318 g/mol. The van der Waals surface area contributed by atoms with Gasteiger partial charge in [0.15, 0.2) is 0 Å². The van der Waals surface area contributed by atoms with Crippen molar-refractivity contribution < 1.29 is 14.7 Å². The van der Waals surface area contributed by atoms with E-state index in [9.17, 15) is 9.59 Å². The van der Waals surface area contributed by atoms with E-state index in [0.29, 0.717) is 10.1 Å². The molecule has 1 amide bonds. The molecule has 1 heterocycles. The van der Waals surface area contributed by atoms with E-state index in [1.807, 2.05) is 61.6 Å². The number of amides is 1. The van der Waals surface area contributed by atoms with Gasteiger partial charge in [-0.25, -0.2) is 0 Å². The van der Waals surface area contributed by atoms with Gasteiger partial charge in [0.05, 0.1) is 11.0 Å². The highest BCUT2D eigenvalue weighted by Crippen LogP contribution is 2.45. The Morgan fingerprint density at radius 3 is 2.32 bits per heavy atom. The highest BCUT2D eigenvalue weighted by atomic mass is 32.2. The number of rotatable bonds is 6. The maximum Gasteiger partial charge on any atom is 0.305 e. The molecule has 0 bridgehead atoms. The summed E-state index contributed by atoms with van der Waals surface area (Å²) in [6.45, 7) is 4.04. The summed E-state index contributed by atoms with van der Waals surface area (Å²) >= 11 is 3.87. The molecule has 1 N–H and O–H groups in total. The second-order valence-corrected chi connectivity index (χ2v) is 8.16. The SMILES string of the molecule is CC(C)N(CCC(=O)O)C(=O)c1ccc(C2SCCS2)cc1. The summed E-state index contributed by atoms with van der Waals surface area (Å²) in [4.78, 5) is 24.9. The number of carboxylic acids is 1. The average molecular weight is 339 g/mol. The van der Waals surface area contributed by atoms with Crippen LogP contribution in [-0.2, 0) is 4.79 Å². The molecule has 6 heteroatoms. The standard InChI is InChI=1S/C16H21NO3S2/c1-11(2)17(8-7-14(18)19)15(20)12-3-5-13(6-4-12)16-21-9-10-22-16/h3-6,11,16H,7-10H2,1-2H3,(H,18,19). The van der Waals surface area contributed by atoms with Gasteiger partial charge in [-0.3, -0.25) is 9.59 Å². The van der Waals surface area contributed by atoms with E-state index in [1.54, 1.807) is 4.90 Å². The number of thioether (sulfide) groups is 2. The second kappa shape index (κ2) is 7.92. The highest BCUT2D eigenvalue weighted by Gasteiger charge is 2.21. The van der Waals surface area contributed by atoms with Gasteiger partial charge in [-0.2, -0.15) is 0 Å². The van der Waals surface area contributed by atoms with Crippen LogP contribution >= 0.6 is 23.5 Å². The van der Waals surface area contributed by atoms with Crippen LogP contribution in [0, 0.1) is 0 Å². The van der Waals surface area contributed by atoms with Crippen molar-refractivity contribution >= 4 is 35.4 Å². The number of carbonyl (C=O) groups is 2. The van der Waals surface area contributed by atoms with Gasteiger partial charge in [0.25, 0.3) is 5.91 Å². The topological polar surface area (TPSA) is 57.6 Å². The molecule has 0 saturated carbocycles. The molecule has 1 aliphatic heterocycles. The summed E-state index contributed by atoms with van der Waals surface area (Å²) in [5.41, 5.74) is 1.86. The lowest BCUT2D eigenvalue weighted by atomic mass is 10.1. The lowest BCUT2D eigenvalue weighted by Crippen LogP contribution is -2.38. The summed E-state index contributed by atoms with van der Waals surface area (Å²) in [7, 11) is 0. The van der Waals surface area contributed by atoms with Gasteiger partial charge in [-0.1, -0.05) is 12.1 Å². The molecule has 120 valence electrons. The summed E-state index contributed by atoms with van der Waals surface area (Å²) in [5.74, 6) is 1.36. The Hall–Kier alpha value is -1.14. The quantitative estimate of drug-likeness (QED) is 0.860. The van der Waals surface area contributed by atoms with Crippen molar-refractivity contribution in [2.24, 2.45) is 0 Å². The van der Waals surface area contributed by atoms with Gasteiger partial charge in [0.2, 0.25) is 0 Å². The van der Waals surface area contributed by atoms with E-state index in [4.69, 9.17) is 5.11 Å². The van der Waals surface area contributed by atoms with Gasteiger partial charge >= 0.3 is 5.97 Å². The van der Waals surface area contributed by atoms with Crippen LogP contribution in [0.3, 0.4) is 0 Å². The average Bonchev–Trinajstić information content (AvgIpc) is 3.01. The molecule has 1 saturated heterocycles. The molecule has 0 radical (unpaired) electrons. The molecule has 22 heavy (non-hydrogen) atoms. The summed E-state index contributed by atoms with van der Waals surface area (Å²) in [5, 5.41) is 8.81. The molecule has 4 nitrogen and oxygen atoms in total. The third kappa shape index (κ3) is 4.43. The van der Waals surface area contributed by atoms with E-state index >= 15 is 0 Å². The maximum absolute atomic E-state index is 12.6. The van der Waals surface area contributed by atoms with Gasteiger partial charge in [-0.05, 0) is 31.5 Å². The fourth-order valence-electron chi connectivity index (χ4n) is 2.31. The third-order valence-corrected chi connectivity index (χ3v) is 6.61. The van der Waals surface area contributed by atoms with E-state index in [2.05, 4.69) is 0 Å². The normalized spacial score (nSPS) is 15.2. The minimum absolute atomic E-state index is 0.0209. The number of benzene rings is 1. The number of hydrogen-bond donors (Lipinski definition) is 1. The van der Waals surface area contributed by atoms with Crippen LogP contribution in [0.2, 0.25) is 0 Å². The van der Waals surface area contributed by atoms with Crippen LogP contribution in [0.15, 0.2) is 24.3 Å². The van der Waals surface area contributed by atoms with Crippen molar-refractivity contribution in [1.82, 2.24) is 4.90 Å². The van der Waals surface area contributed by atoms with E-state index in [1.165, 1.54) is 17.1 Å². The fourth-order valence-corrected chi connectivity index (χ4v) is 5.17. The van der Waals surface area contributed by atoms with Gasteiger partial charge < -0.3 is 10.0 Å². The minimum atomic E-state index is -0.885. The number of carbonyl (C=O) groups excluding carboxylic acids is 1. The Labute approximate surface area is 139 Å². The first-order valence-electron chi connectivity index (χ1n) is 7.35. The van der Waals surface area contributed by atoms with Gasteiger partial charge in [0.1, 0.15) is 0 Å². The Kier molecular flexibility index (Phi) is 6.20. The molecule has 1 aliphatic rings. The molecule has 0 atom stereocenters. The van der Waals surface area contributed by atoms with E-state index < -0.39 is 5.97 Å². The fraction of sp³-hybridized carbons (Fsp3) is 0.500. The first kappa shape index (κ1) is 17.2. The zero-order valence-electron chi connectivity index (χ0n) is 12.8. The molecule has 1 fully saturated rings. The Morgan fingerprint density at radius 1 is 1.23 bits per heavy atom. The molecule has 0 unspecified atom stereocenters. The summed E-state index contributed by atoms with van der Waals surface area (Å²) in [6.07, 6.45) is -0.0304. The predicted molar refractivity (Wildman–Crippen MR) is 92.5 cm³/mol. The Bertz CT molecular complexity index is 525. The largest absolute Gasteiger partial charge is 0.481 e. The number of carboxylic acid groups (broad SMARTS) is 1. The Balaban J connectivity index is 2.07. The molecule has 2 rings (SSSR count). The van der Waals surface area contributed by atoms with Crippen molar-refractivity contribution in [3.8, 4) is 0 Å². The van der Waals surface area contributed by atoms with Crippen molar-refractivity contribution in [2.75, 3.05) is 18.1 Å².